The lowest BCUT2D eigenvalue weighted by atomic mass is 10.1. The highest BCUT2D eigenvalue weighted by molar-refractivity contribution is 5.40. The second-order valence-corrected chi connectivity index (χ2v) is 4.86. The molecule has 1 atom stereocenters. The van der Waals surface area contributed by atoms with Gasteiger partial charge in [-0.1, -0.05) is 50.1 Å². The number of hydrogen-bond donors (Lipinski definition) is 1. The van der Waals surface area contributed by atoms with E-state index < -0.39 is 0 Å². The molecule has 0 aliphatic heterocycles. The molecule has 1 aromatic heterocycles. The molecule has 0 aliphatic carbocycles. The Morgan fingerprint density at radius 2 is 2.00 bits per heavy atom. The van der Waals surface area contributed by atoms with Crippen LogP contribution in [0.25, 0.3) is 5.69 Å². The molecular weight excluding hydrogens is 236 g/mol. The highest BCUT2D eigenvalue weighted by Gasteiger charge is 2.11. The predicted octanol–water partition coefficient (Wildman–Crippen LogP) is 3.02. The number of hydrogen-bond acceptors (Lipinski definition) is 3. The van der Waals surface area contributed by atoms with Crippen molar-refractivity contribution in [3.05, 3.63) is 41.7 Å². The maximum Gasteiger partial charge on any atom is 0.0998 e. The van der Waals surface area contributed by atoms with Crippen LogP contribution in [0.5, 0.6) is 0 Å². The van der Waals surface area contributed by atoms with E-state index in [1.807, 2.05) is 16.9 Å². The van der Waals surface area contributed by atoms with Crippen LogP contribution in [0.3, 0.4) is 0 Å². The number of aryl methyl sites for hydroxylation is 1. The van der Waals surface area contributed by atoms with Crippen LogP contribution in [0, 0.1) is 0 Å². The van der Waals surface area contributed by atoms with Gasteiger partial charge in [-0.3, -0.25) is 0 Å². The van der Waals surface area contributed by atoms with Gasteiger partial charge >= 0.3 is 0 Å². The summed E-state index contributed by atoms with van der Waals surface area (Å²) < 4.78 is 1.84. The van der Waals surface area contributed by atoms with E-state index in [-0.39, 0.29) is 6.04 Å². The Morgan fingerprint density at radius 3 is 2.74 bits per heavy atom. The van der Waals surface area contributed by atoms with Gasteiger partial charge in [0.1, 0.15) is 0 Å². The van der Waals surface area contributed by atoms with E-state index in [1.54, 1.807) is 0 Å². The molecule has 0 bridgehead atoms. The minimum atomic E-state index is -0.0166. The summed E-state index contributed by atoms with van der Waals surface area (Å²) in [5.74, 6) is 0. The number of nitrogens with two attached hydrogens (primary N) is 1. The van der Waals surface area contributed by atoms with Crippen molar-refractivity contribution < 1.29 is 0 Å². The van der Waals surface area contributed by atoms with Gasteiger partial charge in [0, 0.05) is 0 Å². The Hall–Kier alpha value is -1.68. The minimum Gasteiger partial charge on any atom is -0.323 e. The zero-order valence-corrected chi connectivity index (χ0v) is 11.7. The topological polar surface area (TPSA) is 56.7 Å². The molecule has 0 fully saturated rings. The van der Waals surface area contributed by atoms with Gasteiger partial charge in [0.25, 0.3) is 0 Å². The molecule has 0 saturated heterocycles. The SMILES string of the molecule is CCCc1ccccc1-n1cc(C(N)CCC)nn1. The lowest BCUT2D eigenvalue weighted by Crippen LogP contribution is -2.10. The summed E-state index contributed by atoms with van der Waals surface area (Å²) >= 11 is 0. The van der Waals surface area contributed by atoms with Gasteiger partial charge in [0.05, 0.1) is 23.6 Å². The standard InChI is InChI=1S/C15H22N4/c1-3-7-12-9-5-6-10-15(12)19-11-14(17-18-19)13(16)8-4-2/h5-6,9-11,13H,3-4,7-8,16H2,1-2H3. The normalized spacial score (nSPS) is 12.6. The zero-order chi connectivity index (χ0) is 13.7. The molecule has 1 aromatic carbocycles. The summed E-state index contributed by atoms with van der Waals surface area (Å²) in [6, 6.07) is 8.30. The van der Waals surface area contributed by atoms with Crippen LogP contribution in [0.2, 0.25) is 0 Å². The smallest absolute Gasteiger partial charge is 0.0998 e. The number of nitrogens with zero attached hydrogens (tertiary/aromatic N) is 3. The van der Waals surface area contributed by atoms with E-state index in [0.717, 1.165) is 37.1 Å². The van der Waals surface area contributed by atoms with Crippen molar-refractivity contribution in [1.82, 2.24) is 15.0 Å². The predicted molar refractivity (Wildman–Crippen MR) is 77.2 cm³/mol. The van der Waals surface area contributed by atoms with Gasteiger partial charge in [-0.2, -0.15) is 0 Å². The third kappa shape index (κ3) is 3.20. The fraction of sp³-hybridized carbons (Fsp3) is 0.467. The first-order valence-corrected chi connectivity index (χ1v) is 7.02. The first-order chi connectivity index (χ1) is 9.26. The summed E-state index contributed by atoms with van der Waals surface area (Å²) in [4.78, 5) is 0. The Morgan fingerprint density at radius 1 is 1.21 bits per heavy atom. The van der Waals surface area contributed by atoms with Crippen molar-refractivity contribution in [2.45, 2.75) is 45.6 Å². The molecule has 2 aromatic rings. The Kier molecular flexibility index (Phi) is 4.68. The van der Waals surface area contributed by atoms with E-state index in [4.69, 9.17) is 5.73 Å². The van der Waals surface area contributed by atoms with Crippen molar-refractivity contribution in [3.8, 4) is 5.69 Å². The Balaban J connectivity index is 2.27. The fourth-order valence-electron chi connectivity index (χ4n) is 2.24. The third-order valence-corrected chi connectivity index (χ3v) is 3.25. The van der Waals surface area contributed by atoms with Gasteiger partial charge < -0.3 is 5.73 Å². The van der Waals surface area contributed by atoms with Crippen LogP contribution in [0.1, 0.15) is 50.4 Å². The van der Waals surface area contributed by atoms with E-state index in [0.29, 0.717) is 0 Å². The summed E-state index contributed by atoms with van der Waals surface area (Å²) in [5, 5.41) is 8.42. The molecule has 1 unspecified atom stereocenters. The summed E-state index contributed by atoms with van der Waals surface area (Å²) in [6.07, 6.45) is 6.12. The molecular formula is C15H22N4. The lowest BCUT2D eigenvalue weighted by Gasteiger charge is -2.08. The van der Waals surface area contributed by atoms with Crippen molar-refractivity contribution >= 4 is 0 Å². The van der Waals surface area contributed by atoms with E-state index in [9.17, 15) is 0 Å². The van der Waals surface area contributed by atoms with E-state index in [1.165, 1.54) is 5.56 Å². The van der Waals surface area contributed by atoms with Crippen molar-refractivity contribution in [2.75, 3.05) is 0 Å². The first-order valence-electron chi connectivity index (χ1n) is 7.02. The molecule has 1 heterocycles. The average molecular weight is 258 g/mol. The quantitative estimate of drug-likeness (QED) is 0.866. The molecule has 4 heteroatoms. The molecule has 0 amide bonds. The highest BCUT2D eigenvalue weighted by atomic mass is 15.4. The van der Waals surface area contributed by atoms with E-state index in [2.05, 4.69) is 42.4 Å². The lowest BCUT2D eigenvalue weighted by molar-refractivity contribution is 0.619. The van der Waals surface area contributed by atoms with Crippen LogP contribution >= 0.6 is 0 Å². The molecule has 2 N–H and O–H groups in total. The van der Waals surface area contributed by atoms with Crippen molar-refractivity contribution in [3.63, 3.8) is 0 Å². The third-order valence-electron chi connectivity index (χ3n) is 3.25. The van der Waals surface area contributed by atoms with Crippen LogP contribution in [0.4, 0.5) is 0 Å². The summed E-state index contributed by atoms with van der Waals surface area (Å²) in [5.41, 5.74) is 9.35. The molecule has 4 nitrogen and oxygen atoms in total. The number of rotatable bonds is 6. The first kappa shape index (κ1) is 13.7. The molecule has 0 aliphatic rings. The second kappa shape index (κ2) is 6.48. The Bertz CT molecular complexity index is 518. The molecule has 0 saturated carbocycles. The zero-order valence-electron chi connectivity index (χ0n) is 11.7. The number of aromatic nitrogens is 3. The average Bonchev–Trinajstić information content (AvgIpc) is 2.90. The van der Waals surface area contributed by atoms with Crippen LogP contribution in [-0.2, 0) is 6.42 Å². The molecule has 0 spiro atoms. The fourth-order valence-corrected chi connectivity index (χ4v) is 2.24. The number of benzene rings is 1. The van der Waals surface area contributed by atoms with Crippen molar-refractivity contribution in [1.29, 1.82) is 0 Å². The molecule has 2 rings (SSSR count). The van der Waals surface area contributed by atoms with Gasteiger partial charge in [-0.05, 0) is 24.5 Å². The molecule has 0 radical (unpaired) electrons. The van der Waals surface area contributed by atoms with Crippen molar-refractivity contribution in [2.24, 2.45) is 5.73 Å². The van der Waals surface area contributed by atoms with Crippen LogP contribution in [-0.4, -0.2) is 15.0 Å². The van der Waals surface area contributed by atoms with Gasteiger partial charge in [0.15, 0.2) is 0 Å². The van der Waals surface area contributed by atoms with Crippen LogP contribution in [0.15, 0.2) is 30.5 Å². The number of para-hydroxylation sites is 1. The second-order valence-electron chi connectivity index (χ2n) is 4.86. The molecule has 19 heavy (non-hydrogen) atoms. The van der Waals surface area contributed by atoms with Crippen LogP contribution < -0.4 is 5.73 Å². The maximum absolute atomic E-state index is 6.08. The minimum absolute atomic E-state index is 0.0166. The van der Waals surface area contributed by atoms with E-state index >= 15 is 0 Å². The maximum atomic E-state index is 6.08. The van der Waals surface area contributed by atoms with Gasteiger partial charge in [-0.15, -0.1) is 5.10 Å². The summed E-state index contributed by atoms with van der Waals surface area (Å²) in [7, 11) is 0. The largest absolute Gasteiger partial charge is 0.323 e. The summed E-state index contributed by atoms with van der Waals surface area (Å²) in [6.45, 7) is 4.31. The monoisotopic (exact) mass is 258 g/mol. The Labute approximate surface area is 114 Å². The highest BCUT2D eigenvalue weighted by Crippen LogP contribution is 2.18. The van der Waals surface area contributed by atoms with Gasteiger partial charge in [0.2, 0.25) is 0 Å². The van der Waals surface area contributed by atoms with Gasteiger partial charge in [-0.25, -0.2) is 4.68 Å². The molecule has 102 valence electrons.